The van der Waals surface area contributed by atoms with Gasteiger partial charge in [-0.3, -0.25) is 4.79 Å². The van der Waals surface area contributed by atoms with E-state index in [0.29, 0.717) is 26.1 Å². The van der Waals surface area contributed by atoms with E-state index in [2.05, 4.69) is 6.92 Å². The fourth-order valence-corrected chi connectivity index (χ4v) is 3.29. The first-order chi connectivity index (χ1) is 11.7. The summed E-state index contributed by atoms with van der Waals surface area (Å²) in [6.45, 7) is 3.62. The lowest BCUT2D eigenvalue weighted by Crippen LogP contribution is -2.47. The Kier molecular flexibility index (Phi) is 7.69. The van der Waals surface area contributed by atoms with Gasteiger partial charge in [-0.05, 0) is 31.2 Å². The van der Waals surface area contributed by atoms with Gasteiger partial charge in [0.2, 0.25) is 5.91 Å². The highest BCUT2D eigenvalue weighted by Crippen LogP contribution is 2.28. The molecule has 0 heterocycles. The summed E-state index contributed by atoms with van der Waals surface area (Å²) in [6, 6.07) is 9.90. The summed E-state index contributed by atoms with van der Waals surface area (Å²) in [5, 5.41) is 9.33. The Balaban J connectivity index is 2.00. The molecule has 2 rings (SSSR count). The van der Waals surface area contributed by atoms with Crippen molar-refractivity contribution in [3.05, 3.63) is 35.9 Å². The van der Waals surface area contributed by atoms with Crippen LogP contribution in [0.3, 0.4) is 0 Å². The van der Waals surface area contributed by atoms with Crippen LogP contribution in [-0.4, -0.2) is 47.8 Å². The smallest absolute Gasteiger partial charge is 0.226 e. The Labute approximate surface area is 144 Å². The predicted octanol–water partition coefficient (Wildman–Crippen LogP) is 1.93. The van der Waals surface area contributed by atoms with E-state index in [-0.39, 0.29) is 30.6 Å². The molecule has 3 N–H and O–H groups in total. The number of hydrogen-bond donors (Lipinski definition) is 2. The minimum Gasteiger partial charge on any atom is -0.395 e. The SMILES string of the molecule is CCCO[C@@H]1C[C@@H](C(=O)N(CCO)Cc2ccccc2)CC[C@H]1N. The number of benzene rings is 1. The van der Waals surface area contributed by atoms with Crippen LogP contribution in [0.15, 0.2) is 30.3 Å². The van der Waals surface area contributed by atoms with Gasteiger partial charge in [0, 0.05) is 31.7 Å². The normalized spacial score (nSPS) is 23.9. The van der Waals surface area contributed by atoms with Gasteiger partial charge in [-0.15, -0.1) is 0 Å². The van der Waals surface area contributed by atoms with Crippen molar-refractivity contribution < 1.29 is 14.6 Å². The molecule has 0 spiro atoms. The van der Waals surface area contributed by atoms with E-state index >= 15 is 0 Å². The number of aliphatic hydroxyl groups is 1. The monoisotopic (exact) mass is 334 g/mol. The molecule has 0 aromatic heterocycles. The zero-order chi connectivity index (χ0) is 17.4. The third-order valence-corrected chi connectivity index (χ3v) is 4.63. The predicted molar refractivity (Wildman–Crippen MR) is 94.3 cm³/mol. The standard InChI is InChI=1S/C19H30N2O3/c1-2-12-24-18-13-16(8-9-17(18)20)19(23)21(10-11-22)14-15-6-4-3-5-7-15/h3-7,16-18,22H,2,8-14,20H2,1H3/t16-,17+,18+/m0/s1. The van der Waals surface area contributed by atoms with Crippen molar-refractivity contribution in [3.63, 3.8) is 0 Å². The zero-order valence-electron chi connectivity index (χ0n) is 14.6. The van der Waals surface area contributed by atoms with Gasteiger partial charge in [0.15, 0.2) is 0 Å². The lowest BCUT2D eigenvalue weighted by molar-refractivity contribution is -0.140. The van der Waals surface area contributed by atoms with E-state index in [1.165, 1.54) is 0 Å². The molecule has 1 aromatic rings. The topological polar surface area (TPSA) is 75.8 Å². The molecule has 1 fully saturated rings. The second-order valence-electron chi connectivity index (χ2n) is 6.55. The van der Waals surface area contributed by atoms with Crippen molar-refractivity contribution in [2.75, 3.05) is 19.8 Å². The molecule has 1 saturated carbocycles. The Morgan fingerprint density at radius 1 is 1.33 bits per heavy atom. The fraction of sp³-hybridized carbons (Fsp3) is 0.632. The Morgan fingerprint density at radius 2 is 2.08 bits per heavy atom. The van der Waals surface area contributed by atoms with Crippen molar-refractivity contribution >= 4 is 5.91 Å². The van der Waals surface area contributed by atoms with Crippen LogP contribution in [0.1, 0.15) is 38.2 Å². The number of rotatable bonds is 8. The molecular weight excluding hydrogens is 304 g/mol. The molecule has 1 amide bonds. The van der Waals surface area contributed by atoms with Gasteiger partial charge < -0.3 is 20.5 Å². The van der Waals surface area contributed by atoms with Crippen LogP contribution in [0.4, 0.5) is 0 Å². The van der Waals surface area contributed by atoms with Crippen LogP contribution in [0.2, 0.25) is 0 Å². The lowest BCUT2D eigenvalue weighted by atomic mass is 9.83. The number of carbonyl (C=O) groups excluding carboxylic acids is 1. The van der Waals surface area contributed by atoms with Crippen molar-refractivity contribution in [3.8, 4) is 0 Å². The minimum absolute atomic E-state index is 0.0148. The second-order valence-corrected chi connectivity index (χ2v) is 6.55. The highest BCUT2D eigenvalue weighted by Gasteiger charge is 2.34. The van der Waals surface area contributed by atoms with Crippen LogP contribution >= 0.6 is 0 Å². The van der Waals surface area contributed by atoms with E-state index in [1.54, 1.807) is 4.90 Å². The number of aliphatic hydroxyl groups excluding tert-OH is 1. The van der Waals surface area contributed by atoms with E-state index in [4.69, 9.17) is 10.5 Å². The summed E-state index contributed by atoms with van der Waals surface area (Å²) >= 11 is 0. The van der Waals surface area contributed by atoms with E-state index in [1.807, 2.05) is 30.3 Å². The molecule has 0 bridgehead atoms. The number of hydrogen-bond acceptors (Lipinski definition) is 4. The summed E-state index contributed by atoms with van der Waals surface area (Å²) in [4.78, 5) is 14.7. The van der Waals surface area contributed by atoms with Crippen molar-refractivity contribution in [1.82, 2.24) is 4.90 Å². The summed E-state index contributed by atoms with van der Waals surface area (Å²) in [6.07, 6.45) is 3.19. The molecule has 5 nitrogen and oxygen atoms in total. The maximum Gasteiger partial charge on any atom is 0.226 e. The molecule has 0 radical (unpaired) electrons. The third kappa shape index (κ3) is 5.30. The first-order valence-electron chi connectivity index (χ1n) is 8.96. The van der Waals surface area contributed by atoms with Gasteiger partial charge in [-0.25, -0.2) is 0 Å². The highest BCUT2D eigenvalue weighted by atomic mass is 16.5. The molecule has 0 aliphatic heterocycles. The molecular formula is C19H30N2O3. The molecule has 1 aliphatic rings. The molecule has 0 saturated heterocycles. The fourth-order valence-electron chi connectivity index (χ4n) is 3.29. The van der Waals surface area contributed by atoms with Gasteiger partial charge in [0.25, 0.3) is 0 Å². The van der Waals surface area contributed by atoms with E-state index in [9.17, 15) is 9.90 Å². The molecule has 0 unspecified atom stereocenters. The Bertz CT molecular complexity index is 495. The summed E-state index contributed by atoms with van der Waals surface area (Å²) in [5.74, 6) is 0.0341. The molecule has 24 heavy (non-hydrogen) atoms. The summed E-state index contributed by atoms with van der Waals surface area (Å²) < 4.78 is 5.84. The number of nitrogens with two attached hydrogens (primary N) is 1. The number of nitrogens with zero attached hydrogens (tertiary/aromatic N) is 1. The van der Waals surface area contributed by atoms with Gasteiger partial charge in [-0.2, -0.15) is 0 Å². The first-order valence-corrected chi connectivity index (χ1v) is 8.96. The second kappa shape index (κ2) is 9.77. The van der Waals surface area contributed by atoms with Crippen LogP contribution in [0.25, 0.3) is 0 Å². The van der Waals surface area contributed by atoms with Crippen LogP contribution in [0.5, 0.6) is 0 Å². The van der Waals surface area contributed by atoms with Gasteiger partial charge >= 0.3 is 0 Å². The molecule has 134 valence electrons. The third-order valence-electron chi connectivity index (χ3n) is 4.63. The summed E-state index contributed by atoms with van der Waals surface area (Å²) in [5.41, 5.74) is 7.23. The maximum absolute atomic E-state index is 12.9. The molecule has 1 aromatic carbocycles. The Morgan fingerprint density at radius 3 is 2.75 bits per heavy atom. The highest BCUT2D eigenvalue weighted by molar-refractivity contribution is 5.79. The van der Waals surface area contributed by atoms with Crippen molar-refractivity contribution in [2.45, 2.75) is 51.3 Å². The van der Waals surface area contributed by atoms with Crippen LogP contribution in [0, 0.1) is 5.92 Å². The van der Waals surface area contributed by atoms with Gasteiger partial charge in [0.1, 0.15) is 0 Å². The molecule has 5 heteroatoms. The van der Waals surface area contributed by atoms with Crippen molar-refractivity contribution in [1.29, 1.82) is 0 Å². The Hall–Kier alpha value is -1.43. The lowest BCUT2D eigenvalue weighted by Gasteiger charge is -2.35. The van der Waals surface area contributed by atoms with E-state index < -0.39 is 0 Å². The van der Waals surface area contributed by atoms with Crippen LogP contribution < -0.4 is 5.73 Å². The molecule has 1 aliphatic carbocycles. The quantitative estimate of drug-likeness (QED) is 0.762. The number of carbonyl (C=O) groups is 1. The average Bonchev–Trinajstić information content (AvgIpc) is 2.61. The van der Waals surface area contributed by atoms with Crippen LogP contribution in [-0.2, 0) is 16.1 Å². The van der Waals surface area contributed by atoms with E-state index in [0.717, 1.165) is 24.8 Å². The zero-order valence-corrected chi connectivity index (χ0v) is 14.6. The first kappa shape index (κ1) is 18.9. The van der Waals surface area contributed by atoms with Gasteiger partial charge in [-0.1, -0.05) is 37.3 Å². The van der Waals surface area contributed by atoms with Gasteiger partial charge in [0.05, 0.1) is 12.7 Å². The molecule has 3 atom stereocenters. The number of amides is 1. The van der Waals surface area contributed by atoms with Crippen molar-refractivity contribution in [2.24, 2.45) is 11.7 Å². The number of ether oxygens (including phenoxy) is 1. The minimum atomic E-state index is -0.0677. The maximum atomic E-state index is 12.9. The largest absolute Gasteiger partial charge is 0.395 e. The average molecular weight is 334 g/mol. The summed E-state index contributed by atoms with van der Waals surface area (Å²) in [7, 11) is 0.